The van der Waals surface area contributed by atoms with Crippen LogP contribution in [0.25, 0.3) is 11.8 Å². The van der Waals surface area contributed by atoms with Crippen molar-refractivity contribution in [2.75, 3.05) is 13.1 Å². The molecule has 3 rings (SSSR count). The molecule has 2 heterocycles. The van der Waals surface area contributed by atoms with Gasteiger partial charge in [-0.3, -0.25) is 9.79 Å². The van der Waals surface area contributed by atoms with Gasteiger partial charge in [0.05, 0.1) is 11.4 Å². The molecule has 5 heteroatoms. The summed E-state index contributed by atoms with van der Waals surface area (Å²) in [6.45, 7) is 20.0. The lowest BCUT2D eigenvalue weighted by molar-refractivity contribution is -0.127. The minimum Gasteiger partial charge on any atom is -0.335 e. The minimum atomic E-state index is 0.119. The standard InChI is InChI=1S/C30H38N4O.C5H10/c1-7-13-31-27(9-3)28-12-14-32-29(33-28)19-25-16-21(4)23(6)26(18-25)17-22(5)30(35)34-15-10-11-24(8-2)20-34;1-4-5(2)3/h8-9,12-14,16-18H,7,10-11,15,19-20H2,1-6H3;4H,1-3H3/b22-17+,24-8+,27-9-,31-13?;. The molecule has 1 saturated heterocycles. The lowest BCUT2D eigenvalue weighted by Crippen LogP contribution is -2.37. The third-order valence-electron chi connectivity index (χ3n) is 7.09. The quantitative estimate of drug-likeness (QED) is 0.201. The summed E-state index contributed by atoms with van der Waals surface area (Å²) in [5.41, 5.74) is 9.76. The Morgan fingerprint density at radius 2 is 1.82 bits per heavy atom. The van der Waals surface area contributed by atoms with Gasteiger partial charge < -0.3 is 4.90 Å². The van der Waals surface area contributed by atoms with Crippen molar-refractivity contribution in [3.05, 3.63) is 93.1 Å². The first kappa shape index (κ1) is 32.6. The van der Waals surface area contributed by atoms with Crippen LogP contribution < -0.4 is 0 Å². The number of carbonyl (C=O) groups excluding carboxylic acids is 1. The molecular weight excluding hydrogens is 492 g/mol. The fourth-order valence-corrected chi connectivity index (χ4v) is 4.36. The lowest BCUT2D eigenvalue weighted by atomic mass is 9.96. The lowest BCUT2D eigenvalue weighted by Gasteiger charge is -2.29. The number of hydrogen-bond donors (Lipinski definition) is 0. The summed E-state index contributed by atoms with van der Waals surface area (Å²) in [5.74, 6) is 0.876. The van der Waals surface area contributed by atoms with E-state index in [2.05, 4.69) is 75.8 Å². The van der Waals surface area contributed by atoms with E-state index in [9.17, 15) is 4.79 Å². The van der Waals surface area contributed by atoms with E-state index in [1.54, 1.807) is 6.20 Å². The van der Waals surface area contributed by atoms with E-state index in [0.29, 0.717) is 6.42 Å². The third kappa shape index (κ3) is 9.86. The predicted molar refractivity (Wildman–Crippen MR) is 172 cm³/mol. The molecule has 0 aliphatic carbocycles. The molecule has 1 aromatic heterocycles. The van der Waals surface area contributed by atoms with E-state index < -0.39 is 0 Å². The van der Waals surface area contributed by atoms with Crippen LogP contribution in [0, 0.1) is 13.8 Å². The van der Waals surface area contributed by atoms with Crippen molar-refractivity contribution in [3.63, 3.8) is 0 Å². The van der Waals surface area contributed by atoms with Crippen LogP contribution in [0.5, 0.6) is 0 Å². The van der Waals surface area contributed by atoms with Crippen molar-refractivity contribution in [1.82, 2.24) is 14.9 Å². The Balaban J connectivity index is 0.00000103. The van der Waals surface area contributed by atoms with Gasteiger partial charge in [0.25, 0.3) is 0 Å². The zero-order valence-corrected chi connectivity index (χ0v) is 26.1. The number of carbonyl (C=O) groups is 1. The maximum absolute atomic E-state index is 13.1. The Kier molecular flexibility index (Phi) is 13.4. The second kappa shape index (κ2) is 16.5. The number of aromatic nitrogens is 2. The van der Waals surface area contributed by atoms with E-state index in [-0.39, 0.29) is 5.91 Å². The van der Waals surface area contributed by atoms with Gasteiger partial charge in [-0.25, -0.2) is 9.97 Å². The van der Waals surface area contributed by atoms with Crippen molar-refractivity contribution in [1.29, 1.82) is 0 Å². The zero-order chi connectivity index (χ0) is 29.7. The molecule has 1 aromatic carbocycles. The summed E-state index contributed by atoms with van der Waals surface area (Å²) in [6, 6.07) is 6.25. The summed E-state index contributed by atoms with van der Waals surface area (Å²) >= 11 is 0. The first-order valence-electron chi connectivity index (χ1n) is 14.5. The van der Waals surface area contributed by atoms with Gasteiger partial charge in [-0.2, -0.15) is 0 Å². The monoisotopic (exact) mass is 540 g/mol. The number of amides is 1. The van der Waals surface area contributed by atoms with E-state index in [0.717, 1.165) is 66.3 Å². The molecule has 0 bridgehead atoms. The van der Waals surface area contributed by atoms with Crippen molar-refractivity contribution >= 4 is 23.9 Å². The molecule has 0 spiro atoms. The van der Waals surface area contributed by atoms with Gasteiger partial charge >= 0.3 is 0 Å². The molecule has 0 saturated carbocycles. The number of hydrogen-bond acceptors (Lipinski definition) is 4. The van der Waals surface area contributed by atoms with Gasteiger partial charge in [0.2, 0.25) is 5.91 Å². The number of aliphatic imine (C=N–C) groups is 1. The molecule has 1 aliphatic heterocycles. The molecule has 214 valence electrons. The van der Waals surface area contributed by atoms with Crippen molar-refractivity contribution in [2.45, 2.75) is 88.0 Å². The van der Waals surface area contributed by atoms with Crippen molar-refractivity contribution in [2.24, 2.45) is 4.99 Å². The van der Waals surface area contributed by atoms with Crippen LogP contribution in [-0.2, 0) is 11.2 Å². The Hall–Kier alpha value is -3.60. The first-order valence-corrected chi connectivity index (χ1v) is 14.5. The van der Waals surface area contributed by atoms with Crippen molar-refractivity contribution < 1.29 is 4.79 Å². The molecule has 1 amide bonds. The largest absolute Gasteiger partial charge is 0.335 e. The summed E-state index contributed by atoms with van der Waals surface area (Å²) in [4.78, 5) is 28.9. The van der Waals surface area contributed by atoms with Crippen LogP contribution in [-0.4, -0.2) is 40.1 Å². The maximum atomic E-state index is 13.1. The number of aryl methyl sites for hydroxylation is 1. The summed E-state index contributed by atoms with van der Waals surface area (Å²) in [7, 11) is 0. The number of benzene rings is 1. The number of rotatable bonds is 7. The van der Waals surface area contributed by atoms with Gasteiger partial charge in [0.1, 0.15) is 5.82 Å². The molecule has 5 nitrogen and oxygen atoms in total. The highest BCUT2D eigenvalue weighted by Crippen LogP contribution is 2.23. The molecule has 0 radical (unpaired) electrons. The summed E-state index contributed by atoms with van der Waals surface area (Å²) in [6.07, 6.45) is 15.5. The fourth-order valence-electron chi connectivity index (χ4n) is 4.36. The van der Waals surface area contributed by atoms with Crippen LogP contribution >= 0.6 is 0 Å². The van der Waals surface area contributed by atoms with Gasteiger partial charge in [-0.05, 0) is 109 Å². The Morgan fingerprint density at radius 3 is 2.45 bits per heavy atom. The molecule has 1 aliphatic rings. The van der Waals surface area contributed by atoms with Gasteiger partial charge in [-0.15, -0.1) is 0 Å². The van der Waals surface area contributed by atoms with E-state index in [1.807, 2.05) is 50.1 Å². The van der Waals surface area contributed by atoms with Crippen LogP contribution in [0.3, 0.4) is 0 Å². The second-order valence-corrected chi connectivity index (χ2v) is 10.5. The normalized spacial score (nSPS) is 15.2. The molecule has 0 N–H and O–H groups in total. The SMILES string of the molecule is C/C=C(\N=CCC)c1ccnc(Cc2cc(C)c(C)c(/C=C(\C)C(=O)N3CCC/C(=C\C)C3)c2)n1.CC=C(C)C. The summed E-state index contributed by atoms with van der Waals surface area (Å²) in [5, 5.41) is 0. The van der Waals surface area contributed by atoms with Gasteiger partial charge in [0, 0.05) is 37.5 Å². The highest BCUT2D eigenvalue weighted by Gasteiger charge is 2.20. The van der Waals surface area contributed by atoms with Crippen molar-refractivity contribution in [3.8, 4) is 0 Å². The minimum absolute atomic E-state index is 0.119. The average molecular weight is 541 g/mol. The topological polar surface area (TPSA) is 58.5 Å². The van der Waals surface area contributed by atoms with Crippen LogP contribution in [0.4, 0.5) is 0 Å². The fraction of sp³-hybridized carbons (Fsp3) is 0.429. The zero-order valence-electron chi connectivity index (χ0n) is 26.1. The van der Waals surface area contributed by atoms with E-state index >= 15 is 0 Å². The van der Waals surface area contributed by atoms with Crippen LogP contribution in [0.1, 0.15) is 102 Å². The third-order valence-corrected chi connectivity index (χ3v) is 7.09. The van der Waals surface area contributed by atoms with Crippen LogP contribution in [0.15, 0.2) is 64.3 Å². The van der Waals surface area contributed by atoms with E-state index in [1.165, 1.54) is 22.3 Å². The number of likely N-dealkylation sites (tertiary alicyclic amines) is 1. The Bertz CT molecular complexity index is 1310. The molecule has 2 aromatic rings. The Labute approximate surface area is 242 Å². The maximum Gasteiger partial charge on any atom is 0.249 e. The van der Waals surface area contributed by atoms with Gasteiger partial charge in [0.15, 0.2) is 0 Å². The van der Waals surface area contributed by atoms with E-state index in [4.69, 9.17) is 4.98 Å². The highest BCUT2D eigenvalue weighted by atomic mass is 16.2. The number of nitrogens with zero attached hydrogens (tertiary/aromatic N) is 4. The smallest absolute Gasteiger partial charge is 0.249 e. The molecule has 40 heavy (non-hydrogen) atoms. The van der Waals surface area contributed by atoms with Crippen LogP contribution in [0.2, 0.25) is 0 Å². The average Bonchev–Trinajstić information content (AvgIpc) is 2.96. The highest BCUT2D eigenvalue weighted by molar-refractivity contribution is 5.97. The second-order valence-electron chi connectivity index (χ2n) is 10.5. The predicted octanol–water partition coefficient (Wildman–Crippen LogP) is 8.47. The molecule has 0 atom stereocenters. The van der Waals surface area contributed by atoms with Gasteiger partial charge in [-0.1, -0.05) is 48.4 Å². The summed E-state index contributed by atoms with van der Waals surface area (Å²) < 4.78 is 0. The Morgan fingerprint density at radius 1 is 1.10 bits per heavy atom. The molecule has 0 unspecified atom stereocenters. The number of piperidine rings is 1. The molecular formula is C35H48N4O. The first-order chi connectivity index (χ1) is 19.1. The molecule has 1 fully saturated rings. The number of allylic oxidation sites excluding steroid dienone is 4.